The molecular weight excluding hydrogens is 602 g/mol. The van der Waals surface area contributed by atoms with Crippen LogP contribution in [0.3, 0.4) is 0 Å². The fraction of sp³-hybridized carbons (Fsp3) is 0.135. The molecule has 0 heterocycles. The van der Waals surface area contributed by atoms with Gasteiger partial charge in [-0.3, -0.25) is 14.2 Å². The summed E-state index contributed by atoms with van der Waals surface area (Å²) < 4.78 is 36.0. The first kappa shape index (κ1) is 33.3. The Morgan fingerprint density at radius 3 is 1.56 bits per heavy atom. The summed E-state index contributed by atoms with van der Waals surface area (Å²) in [6.07, 6.45) is 0. The molecule has 0 N–H and O–H groups in total. The standard InChI is InChI=1S/C21H19O4P.C16H15O2P/c1-24-18-14-9-15-19(25-2)20(18)21(22)26(23,16-10-5-3-6-11-16)17-12-7-4-8-13-17;1-10-8-11(2)15(12(3)9-10)16(17)13-6-4-5-7-14(13)19-18/h3-15H,1-2H3;4-9H,1-3H3. The first-order chi connectivity index (χ1) is 21.7. The van der Waals surface area contributed by atoms with Crippen molar-refractivity contribution < 1.29 is 28.2 Å². The lowest BCUT2D eigenvalue weighted by Crippen LogP contribution is -2.23. The molecule has 0 aromatic heterocycles. The molecule has 0 radical (unpaired) electrons. The fourth-order valence-electron chi connectivity index (χ4n) is 5.30. The number of rotatable bonds is 9. The highest BCUT2D eigenvalue weighted by molar-refractivity contribution is 7.93. The van der Waals surface area contributed by atoms with Crippen LogP contribution >= 0.6 is 15.6 Å². The third kappa shape index (κ3) is 7.04. The van der Waals surface area contributed by atoms with Gasteiger partial charge in [-0.15, -0.1) is 0 Å². The molecule has 0 aliphatic rings. The van der Waals surface area contributed by atoms with Crippen LogP contribution in [0.1, 0.15) is 43.0 Å². The maximum absolute atomic E-state index is 14.2. The monoisotopic (exact) mass is 636 g/mol. The Morgan fingerprint density at radius 2 is 1.09 bits per heavy atom. The van der Waals surface area contributed by atoms with Gasteiger partial charge in [0.2, 0.25) is 12.7 Å². The summed E-state index contributed by atoms with van der Waals surface area (Å²) in [6.45, 7) is 5.88. The number of ketones is 1. The van der Waals surface area contributed by atoms with Crippen molar-refractivity contribution in [2.24, 2.45) is 0 Å². The number of ether oxygens (including phenoxy) is 2. The van der Waals surface area contributed by atoms with E-state index in [2.05, 4.69) is 0 Å². The Morgan fingerprint density at radius 1 is 0.622 bits per heavy atom. The molecule has 0 fully saturated rings. The molecule has 228 valence electrons. The van der Waals surface area contributed by atoms with Crippen LogP contribution in [-0.4, -0.2) is 25.5 Å². The Kier molecular flexibility index (Phi) is 11.0. The van der Waals surface area contributed by atoms with Gasteiger partial charge in [-0.2, -0.15) is 0 Å². The summed E-state index contributed by atoms with van der Waals surface area (Å²) in [6, 6.07) is 33.7. The average molecular weight is 637 g/mol. The van der Waals surface area contributed by atoms with Crippen LogP contribution in [0.25, 0.3) is 0 Å². The van der Waals surface area contributed by atoms with E-state index in [1.807, 2.05) is 45.0 Å². The van der Waals surface area contributed by atoms with Crippen molar-refractivity contribution in [3.05, 3.63) is 149 Å². The van der Waals surface area contributed by atoms with Crippen molar-refractivity contribution in [3.8, 4) is 11.5 Å². The zero-order valence-electron chi connectivity index (χ0n) is 25.8. The number of methoxy groups -OCH3 is 2. The minimum Gasteiger partial charge on any atom is -0.496 e. The van der Waals surface area contributed by atoms with Crippen LogP contribution in [0, 0.1) is 20.8 Å². The van der Waals surface area contributed by atoms with Crippen molar-refractivity contribution in [2.75, 3.05) is 14.2 Å². The number of hydrogen-bond acceptors (Lipinski definition) is 6. The van der Waals surface area contributed by atoms with Crippen LogP contribution < -0.4 is 25.4 Å². The number of aryl methyl sites for hydroxylation is 3. The van der Waals surface area contributed by atoms with Crippen LogP contribution in [0.15, 0.2) is 115 Å². The molecule has 0 saturated heterocycles. The van der Waals surface area contributed by atoms with Gasteiger partial charge in [0.15, 0.2) is 14.2 Å². The van der Waals surface area contributed by atoms with Crippen LogP contribution in [0.4, 0.5) is 0 Å². The van der Waals surface area contributed by atoms with E-state index < -0.39 is 12.7 Å². The van der Waals surface area contributed by atoms with E-state index in [4.69, 9.17) is 9.47 Å². The fourth-order valence-corrected chi connectivity index (χ4v) is 8.20. The normalized spacial score (nSPS) is 10.9. The van der Waals surface area contributed by atoms with Crippen molar-refractivity contribution >= 4 is 42.8 Å². The second-order valence-corrected chi connectivity index (χ2v) is 13.7. The number of carbonyl (C=O) groups is 2. The van der Waals surface area contributed by atoms with Gasteiger partial charge < -0.3 is 14.0 Å². The maximum Gasteiger partial charge on any atom is 0.237 e. The SMILES string of the molecule is COc1cccc(OC)c1C(=O)P(=O)(c1ccccc1)c1ccccc1.Cc1cc(C)c(C(=O)c2ccccc2P=O)c(C)c1. The highest BCUT2D eigenvalue weighted by Crippen LogP contribution is 2.50. The van der Waals surface area contributed by atoms with E-state index in [1.165, 1.54) is 14.2 Å². The van der Waals surface area contributed by atoms with E-state index in [0.717, 1.165) is 16.7 Å². The van der Waals surface area contributed by atoms with E-state index in [-0.39, 0.29) is 19.8 Å². The van der Waals surface area contributed by atoms with Crippen molar-refractivity contribution in [1.29, 1.82) is 0 Å². The quantitative estimate of drug-likeness (QED) is 0.122. The van der Waals surface area contributed by atoms with Gasteiger partial charge in [0.1, 0.15) is 17.1 Å². The maximum atomic E-state index is 14.2. The Balaban J connectivity index is 0.000000215. The van der Waals surface area contributed by atoms with Crippen molar-refractivity contribution in [1.82, 2.24) is 0 Å². The van der Waals surface area contributed by atoms with E-state index in [0.29, 0.717) is 38.5 Å². The summed E-state index contributed by atoms with van der Waals surface area (Å²) in [5.41, 5.74) is 3.95. The van der Waals surface area contributed by atoms with Gasteiger partial charge in [0.05, 0.1) is 19.5 Å². The highest BCUT2D eigenvalue weighted by atomic mass is 31.2. The zero-order chi connectivity index (χ0) is 32.6. The second-order valence-electron chi connectivity index (χ2n) is 10.3. The Bertz CT molecular complexity index is 1800. The topological polar surface area (TPSA) is 86.7 Å². The van der Waals surface area contributed by atoms with Crippen LogP contribution in [-0.2, 0) is 9.13 Å². The predicted octanol–water partition coefficient (Wildman–Crippen LogP) is 7.62. The number of hydrogen-bond donors (Lipinski definition) is 0. The molecule has 5 aromatic rings. The minimum atomic E-state index is -3.62. The average Bonchev–Trinajstić information content (AvgIpc) is 3.07. The highest BCUT2D eigenvalue weighted by Gasteiger charge is 2.39. The van der Waals surface area contributed by atoms with E-state index in [1.54, 1.807) is 91.0 Å². The molecule has 0 unspecified atom stereocenters. The van der Waals surface area contributed by atoms with Gasteiger partial charge in [-0.05, 0) is 56.2 Å². The third-order valence-corrected chi connectivity index (χ3v) is 10.8. The lowest BCUT2D eigenvalue weighted by Gasteiger charge is -2.20. The van der Waals surface area contributed by atoms with Crippen molar-refractivity contribution in [2.45, 2.75) is 20.8 Å². The summed E-state index contributed by atoms with van der Waals surface area (Å²) in [5.74, 6) is 0.608. The van der Waals surface area contributed by atoms with Crippen molar-refractivity contribution in [3.63, 3.8) is 0 Å². The third-order valence-electron chi connectivity index (χ3n) is 7.32. The smallest absolute Gasteiger partial charge is 0.237 e. The van der Waals surface area contributed by atoms with E-state index >= 15 is 0 Å². The van der Waals surface area contributed by atoms with Gasteiger partial charge in [-0.1, -0.05) is 96.6 Å². The van der Waals surface area contributed by atoms with Gasteiger partial charge in [-0.25, -0.2) is 0 Å². The molecule has 0 saturated carbocycles. The largest absolute Gasteiger partial charge is 0.496 e. The second kappa shape index (κ2) is 14.9. The summed E-state index contributed by atoms with van der Waals surface area (Å²) in [4.78, 5) is 26.2. The Labute approximate surface area is 265 Å². The molecule has 0 bridgehead atoms. The molecule has 0 aliphatic carbocycles. The molecule has 0 amide bonds. The summed E-state index contributed by atoms with van der Waals surface area (Å²) in [5, 5.41) is 1.49. The van der Waals surface area contributed by atoms with Crippen LogP contribution in [0.5, 0.6) is 11.5 Å². The van der Waals surface area contributed by atoms with Crippen LogP contribution in [0.2, 0.25) is 0 Å². The summed E-state index contributed by atoms with van der Waals surface area (Å²) in [7, 11) is -0.794. The minimum absolute atomic E-state index is 0.0612. The van der Waals surface area contributed by atoms with E-state index in [9.17, 15) is 18.7 Å². The lowest BCUT2D eigenvalue weighted by molar-refractivity contribution is 0.103. The number of benzene rings is 5. The molecule has 5 aromatic carbocycles. The molecular formula is C37H34O6P2. The molecule has 0 aliphatic heterocycles. The zero-order valence-corrected chi connectivity index (χ0v) is 27.6. The lowest BCUT2D eigenvalue weighted by atomic mass is 9.93. The molecule has 45 heavy (non-hydrogen) atoms. The van der Waals surface area contributed by atoms with Gasteiger partial charge in [0.25, 0.3) is 0 Å². The summed E-state index contributed by atoms with van der Waals surface area (Å²) >= 11 is 0. The molecule has 0 atom stereocenters. The van der Waals surface area contributed by atoms with Gasteiger partial charge in [0, 0.05) is 21.7 Å². The molecule has 6 nitrogen and oxygen atoms in total. The first-order valence-corrected chi connectivity index (χ1v) is 16.7. The molecule has 5 rings (SSSR count). The molecule has 8 heteroatoms. The molecule has 0 spiro atoms. The predicted molar refractivity (Wildman–Crippen MR) is 181 cm³/mol. The first-order valence-electron chi connectivity index (χ1n) is 14.2. The Hall–Kier alpha value is -4.63. The van der Waals surface area contributed by atoms with Gasteiger partial charge >= 0.3 is 0 Å². The number of carbonyl (C=O) groups excluding carboxylic acids is 2.